The minimum absolute atomic E-state index is 0.0101. The molecule has 1 heterocycles. The third kappa shape index (κ3) is 3.95. The second-order valence-corrected chi connectivity index (χ2v) is 7.10. The third-order valence-corrected chi connectivity index (χ3v) is 5.32. The number of nitrogens with zero attached hydrogens (tertiary/aromatic N) is 1. The van der Waals surface area contributed by atoms with Gasteiger partial charge in [0.15, 0.2) is 0 Å². The van der Waals surface area contributed by atoms with E-state index < -0.39 is 23.5 Å². The minimum atomic E-state index is -4.83. The lowest BCUT2D eigenvalue weighted by Gasteiger charge is -2.22. The van der Waals surface area contributed by atoms with E-state index in [0.29, 0.717) is 31.0 Å². The van der Waals surface area contributed by atoms with Gasteiger partial charge in [-0.25, -0.2) is 0 Å². The second-order valence-electron chi connectivity index (χ2n) is 7.10. The lowest BCUT2D eigenvalue weighted by Crippen LogP contribution is -2.24. The molecule has 1 aliphatic carbocycles. The molecule has 8 heteroatoms. The van der Waals surface area contributed by atoms with Gasteiger partial charge in [0.2, 0.25) is 0 Å². The zero-order valence-corrected chi connectivity index (χ0v) is 13.4. The van der Waals surface area contributed by atoms with Gasteiger partial charge in [-0.05, 0) is 48.3 Å². The maximum atomic E-state index is 13.2. The Bertz CT molecular complexity index is 613. The number of aliphatic hydroxyl groups excluding tert-OH is 1. The molecule has 140 valence electrons. The van der Waals surface area contributed by atoms with Crippen LogP contribution in [0, 0.1) is 17.8 Å². The summed E-state index contributed by atoms with van der Waals surface area (Å²) >= 11 is 0. The Kier molecular flexibility index (Phi) is 4.79. The molecule has 25 heavy (non-hydrogen) atoms. The molecule has 2 aliphatic rings. The van der Waals surface area contributed by atoms with Crippen LogP contribution in [0.25, 0.3) is 0 Å². The Balaban J connectivity index is 1.77. The van der Waals surface area contributed by atoms with Crippen LogP contribution in [0.4, 0.5) is 26.3 Å². The number of aliphatic hydroxyl groups is 1. The Morgan fingerprint density at radius 1 is 0.960 bits per heavy atom. The maximum absolute atomic E-state index is 13.2. The van der Waals surface area contributed by atoms with Crippen LogP contribution in [0.2, 0.25) is 0 Å². The Hall–Kier alpha value is -1.28. The van der Waals surface area contributed by atoms with Crippen molar-refractivity contribution in [3.8, 4) is 0 Å². The molecule has 3 rings (SSSR count). The fraction of sp³-hybridized carbons (Fsp3) is 0.647. The van der Waals surface area contributed by atoms with Gasteiger partial charge in [0.05, 0.1) is 11.1 Å². The van der Waals surface area contributed by atoms with Gasteiger partial charge in [0.1, 0.15) is 0 Å². The number of halogens is 6. The molecule has 1 saturated carbocycles. The summed E-state index contributed by atoms with van der Waals surface area (Å²) < 4.78 is 77.8. The molecule has 3 atom stereocenters. The molecule has 1 N–H and O–H groups in total. The van der Waals surface area contributed by atoms with E-state index in [1.54, 1.807) is 0 Å². The van der Waals surface area contributed by atoms with Gasteiger partial charge in [0, 0.05) is 26.2 Å². The summed E-state index contributed by atoms with van der Waals surface area (Å²) in [6.45, 7) is 1.37. The zero-order chi connectivity index (χ0) is 18.4. The highest BCUT2D eigenvalue weighted by molar-refractivity contribution is 5.35. The van der Waals surface area contributed by atoms with E-state index >= 15 is 0 Å². The van der Waals surface area contributed by atoms with Crippen molar-refractivity contribution in [1.82, 2.24) is 4.90 Å². The normalized spacial score (nSPS) is 27.7. The molecule has 1 aliphatic heterocycles. The van der Waals surface area contributed by atoms with Crippen LogP contribution in [0.5, 0.6) is 0 Å². The van der Waals surface area contributed by atoms with Crippen molar-refractivity contribution < 1.29 is 31.4 Å². The Morgan fingerprint density at radius 2 is 1.56 bits per heavy atom. The average molecular weight is 367 g/mol. The first-order valence-electron chi connectivity index (χ1n) is 8.18. The Labute approximate surface area is 141 Å². The van der Waals surface area contributed by atoms with Gasteiger partial charge < -0.3 is 5.11 Å². The first-order valence-corrected chi connectivity index (χ1v) is 8.18. The molecule has 0 spiro atoms. The number of hydrogen-bond donors (Lipinski definition) is 1. The first kappa shape index (κ1) is 18.5. The largest absolute Gasteiger partial charge is 0.416 e. The quantitative estimate of drug-likeness (QED) is 0.811. The van der Waals surface area contributed by atoms with Crippen molar-refractivity contribution >= 4 is 0 Å². The van der Waals surface area contributed by atoms with Gasteiger partial charge >= 0.3 is 12.4 Å². The van der Waals surface area contributed by atoms with Crippen molar-refractivity contribution in [2.24, 2.45) is 17.8 Å². The van der Waals surface area contributed by atoms with Crippen LogP contribution >= 0.6 is 0 Å². The van der Waals surface area contributed by atoms with Crippen LogP contribution in [0.1, 0.15) is 29.5 Å². The molecule has 2 fully saturated rings. The summed E-state index contributed by atoms with van der Waals surface area (Å²) in [6, 6.07) is 1.85. The SMILES string of the molecule is OCC1C[C@@H]2CN(Cc3ccc(C(F)(F)F)cc3C(F)(F)F)C[C@@H]2C1. The first-order chi connectivity index (χ1) is 11.6. The van der Waals surface area contributed by atoms with Crippen LogP contribution in [0.15, 0.2) is 18.2 Å². The molecule has 0 bridgehead atoms. The summed E-state index contributed by atoms with van der Waals surface area (Å²) in [4.78, 5) is 1.88. The molecule has 0 amide bonds. The fourth-order valence-electron chi connectivity index (χ4n) is 4.20. The summed E-state index contributed by atoms with van der Waals surface area (Å²) in [7, 11) is 0. The molecule has 1 aromatic rings. The molecule has 2 nitrogen and oxygen atoms in total. The van der Waals surface area contributed by atoms with Crippen LogP contribution in [-0.4, -0.2) is 29.7 Å². The predicted molar refractivity (Wildman–Crippen MR) is 78.5 cm³/mol. The number of hydrogen-bond acceptors (Lipinski definition) is 2. The number of benzene rings is 1. The van der Waals surface area contributed by atoms with Crippen molar-refractivity contribution in [3.05, 3.63) is 34.9 Å². The molecule has 1 unspecified atom stereocenters. The summed E-state index contributed by atoms with van der Waals surface area (Å²) in [5.74, 6) is 0.954. The third-order valence-electron chi connectivity index (χ3n) is 5.32. The van der Waals surface area contributed by atoms with Crippen molar-refractivity contribution in [2.75, 3.05) is 19.7 Å². The van der Waals surface area contributed by atoms with Gasteiger partial charge in [-0.2, -0.15) is 26.3 Å². The van der Waals surface area contributed by atoms with Crippen LogP contribution in [0.3, 0.4) is 0 Å². The van der Waals surface area contributed by atoms with E-state index in [1.807, 2.05) is 4.90 Å². The number of fused-ring (bicyclic) bond motifs is 1. The zero-order valence-electron chi connectivity index (χ0n) is 13.4. The lowest BCUT2D eigenvalue weighted by atomic mass is 10.0. The average Bonchev–Trinajstić information content (AvgIpc) is 3.03. The van der Waals surface area contributed by atoms with Crippen molar-refractivity contribution in [3.63, 3.8) is 0 Å². The van der Waals surface area contributed by atoms with Crippen molar-refractivity contribution in [1.29, 1.82) is 0 Å². The summed E-state index contributed by atoms with van der Waals surface area (Å²) in [6.07, 6.45) is -7.91. The Morgan fingerprint density at radius 3 is 2.04 bits per heavy atom. The molecule has 1 aromatic carbocycles. The highest BCUT2D eigenvalue weighted by Crippen LogP contribution is 2.43. The van der Waals surface area contributed by atoms with E-state index in [4.69, 9.17) is 0 Å². The second kappa shape index (κ2) is 6.46. The highest BCUT2D eigenvalue weighted by atomic mass is 19.4. The maximum Gasteiger partial charge on any atom is 0.416 e. The van der Waals surface area contributed by atoms with Gasteiger partial charge in [0.25, 0.3) is 0 Å². The van der Waals surface area contributed by atoms with E-state index in [-0.39, 0.29) is 30.7 Å². The molecule has 0 radical (unpaired) electrons. The monoisotopic (exact) mass is 367 g/mol. The lowest BCUT2D eigenvalue weighted by molar-refractivity contribution is -0.143. The molecule has 1 saturated heterocycles. The molecule has 0 aromatic heterocycles. The topological polar surface area (TPSA) is 23.5 Å². The highest BCUT2D eigenvalue weighted by Gasteiger charge is 2.42. The van der Waals surface area contributed by atoms with Crippen molar-refractivity contribution in [2.45, 2.75) is 31.7 Å². The molecular formula is C17H19F6NO. The van der Waals surface area contributed by atoms with Crippen LogP contribution < -0.4 is 0 Å². The fourth-order valence-corrected chi connectivity index (χ4v) is 4.20. The summed E-state index contributed by atoms with van der Waals surface area (Å²) in [5.41, 5.74) is -2.63. The smallest absolute Gasteiger partial charge is 0.396 e. The van der Waals surface area contributed by atoms with E-state index in [0.717, 1.165) is 18.9 Å². The van der Waals surface area contributed by atoms with Crippen LogP contribution in [-0.2, 0) is 18.9 Å². The predicted octanol–water partition coefficient (Wildman–Crippen LogP) is 4.17. The van der Waals surface area contributed by atoms with E-state index in [2.05, 4.69) is 0 Å². The summed E-state index contributed by atoms with van der Waals surface area (Å²) in [5, 5.41) is 9.21. The number of likely N-dealkylation sites (tertiary alicyclic amines) is 1. The number of rotatable bonds is 3. The molecular weight excluding hydrogens is 348 g/mol. The minimum Gasteiger partial charge on any atom is -0.396 e. The standard InChI is InChI=1S/C17H19F6NO/c18-16(19,20)14-2-1-11(15(5-14)17(21,22)23)6-24-7-12-3-10(9-25)4-13(12)8-24/h1-2,5,10,12-13,25H,3-4,6-9H2/t10?,12-,13+. The van der Waals surface area contributed by atoms with Gasteiger partial charge in [-0.1, -0.05) is 6.07 Å². The number of alkyl halides is 6. The van der Waals surface area contributed by atoms with Gasteiger partial charge in [-0.15, -0.1) is 0 Å². The van der Waals surface area contributed by atoms with E-state index in [1.165, 1.54) is 0 Å². The van der Waals surface area contributed by atoms with E-state index in [9.17, 15) is 31.4 Å². The van der Waals surface area contributed by atoms with Gasteiger partial charge in [-0.3, -0.25) is 4.90 Å².